The first-order valence-electron chi connectivity index (χ1n) is 13.1. The Morgan fingerprint density at radius 1 is 1.08 bits per heavy atom. The molecular formula is C26H34F2N8O2. The van der Waals surface area contributed by atoms with Gasteiger partial charge in [-0.05, 0) is 39.1 Å². The largest absolute Gasteiger partial charge is 0.378 e. The third kappa shape index (κ3) is 5.86. The molecule has 10 nitrogen and oxygen atoms in total. The molecule has 0 unspecified atom stereocenters. The molecule has 3 heterocycles. The highest BCUT2D eigenvalue weighted by Gasteiger charge is 2.29. The molecular weight excluding hydrogens is 494 g/mol. The number of nitrogens with one attached hydrogen (secondary N) is 2. The van der Waals surface area contributed by atoms with Gasteiger partial charge in [0, 0.05) is 31.2 Å². The number of amides is 1. The van der Waals surface area contributed by atoms with Crippen molar-refractivity contribution in [1.29, 1.82) is 0 Å². The van der Waals surface area contributed by atoms with Crippen LogP contribution in [-0.4, -0.2) is 89.4 Å². The van der Waals surface area contributed by atoms with Crippen LogP contribution in [0.2, 0.25) is 0 Å². The fourth-order valence-electron chi connectivity index (χ4n) is 5.17. The maximum atomic E-state index is 14.1. The molecule has 2 atom stereocenters. The summed E-state index contributed by atoms with van der Waals surface area (Å²) in [6.07, 6.45) is 0.924. The summed E-state index contributed by atoms with van der Waals surface area (Å²) in [5.41, 5.74) is 1.02. The fourth-order valence-corrected chi connectivity index (χ4v) is 5.17. The lowest BCUT2D eigenvalue weighted by Gasteiger charge is -2.33. The lowest BCUT2D eigenvalue weighted by Crippen LogP contribution is -2.50. The average molecular weight is 529 g/mol. The molecule has 1 aliphatic heterocycles. The highest BCUT2D eigenvalue weighted by molar-refractivity contribution is 5.79. The Labute approximate surface area is 220 Å². The summed E-state index contributed by atoms with van der Waals surface area (Å²) in [7, 11) is 3.71. The number of morpholine rings is 1. The molecule has 1 saturated carbocycles. The third-order valence-corrected chi connectivity index (χ3v) is 6.93. The number of rotatable bonds is 8. The first-order chi connectivity index (χ1) is 18.4. The smallest absolute Gasteiger partial charge is 0.296 e. The van der Waals surface area contributed by atoms with Gasteiger partial charge in [-0.2, -0.15) is 9.97 Å². The minimum atomic E-state index is -2.78. The maximum Gasteiger partial charge on any atom is 0.296 e. The zero-order valence-electron chi connectivity index (χ0n) is 21.7. The number of hydrogen-bond acceptors (Lipinski definition) is 8. The van der Waals surface area contributed by atoms with Crippen LogP contribution < -0.4 is 15.5 Å². The molecule has 5 rings (SSSR count). The van der Waals surface area contributed by atoms with Crippen LogP contribution in [0, 0.1) is 0 Å². The van der Waals surface area contributed by atoms with Gasteiger partial charge in [-0.25, -0.2) is 13.8 Å². The van der Waals surface area contributed by atoms with Crippen molar-refractivity contribution in [2.24, 2.45) is 0 Å². The predicted octanol–water partition coefficient (Wildman–Crippen LogP) is 2.99. The van der Waals surface area contributed by atoms with Gasteiger partial charge in [0.1, 0.15) is 11.6 Å². The number of para-hydroxylation sites is 2. The molecule has 2 aromatic heterocycles. The van der Waals surface area contributed by atoms with Crippen LogP contribution in [0.25, 0.3) is 16.9 Å². The van der Waals surface area contributed by atoms with E-state index in [9.17, 15) is 13.6 Å². The summed E-state index contributed by atoms with van der Waals surface area (Å²) in [6.45, 7) is 2.69. The summed E-state index contributed by atoms with van der Waals surface area (Å²) in [6, 6.07) is 8.60. The Hall–Kier alpha value is -3.38. The number of fused-ring (bicyclic) bond motifs is 1. The van der Waals surface area contributed by atoms with E-state index in [0.717, 1.165) is 25.7 Å². The van der Waals surface area contributed by atoms with E-state index in [2.05, 4.69) is 20.5 Å². The molecule has 0 bridgehead atoms. The van der Waals surface area contributed by atoms with E-state index in [0.29, 0.717) is 61.5 Å². The van der Waals surface area contributed by atoms with Crippen LogP contribution in [0.3, 0.4) is 0 Å². The monoisotopic (exact) mass is 528 g/mol. The molecule has 0 radical (unpaired) electrons. The van der Waals surface area contributed by atoms with Crippen LogP contribution in [-0.2, 0) is 9.53 Å². The molecule has 2 N–H and O–H groups in total. The van der Waals surface area contributed by atoms with Gasteiger partial charge >= 0.3 is 0 Å². The summed E-state index contributed by atoms with van der Waals surface area (Å²) < 4.78 is 35.2. The van der Waals surface area contributed by atoms with Crippen molar-refractivity contribution in [2.75, 3.05) is 57.2 Å². The Morgan fingerprint density at radius 3 is 2.53 bits per heavy atom. The molecule has 2 aliphatic rings. The van der Waals surface area contributed by atoms with Gasteiger partial charge in [0.2, 0.25) is 11.9 Å². The van der Waals surface area contributed by atoms with Gasteiger partial charge < -0.3 is 25.2 Å². The van der Waals surface area contributed by atoms with Crippen LogP contribution >= 0.6 is 0 Å². The Kier molecular flexibility index (Phi) is 7.98. The molecule has 38 heavy (non-hydrogen) atoms. The van der Waals surface area contributed by atoms with Gasteiger partial charge in [0.25, 0.3) is 6.43 Å². The molecule has 3 aromatic rings. The van der Waals surface area contributed by atoms with E-state index in [1.165, 1.54) is 4.57 Å². The topological polar surface area (TPSA) is 100 Å². The first kappa shape index (κ1) is 26.2. The normalized spacial score (nSPS) is 20.3. The Balaban J connectivity index is 1.52. The van der Waals surface area contributed by atoms with Crippen molar-refractivity contribution in [3.63, 3.8) is 0 Å². The number of carbonyl (C=O) groups is 1. The van der Waals surface area contributed by atoms with Gasteiger partial charge in [-0.15, -0.1) is 0 Å². The minimum absolute atomic E-state index is 0.0381. The summed E-state index contributed by atoms with van der Waals surface area (Å²) in [5, 5.41) is 6.59. The number of ether oxygens (including phenoxy) is 1. The molecule has 1 saturated heterocycles. The SMILES string of the molecule is CN(C)CC(=O)N[C@@H]1CCCC[C@@H]1Nc1nc(N2CCOCC2)cc(-n2c(C(F)F)nc3ccccc32)n1. The van der Waals surface area contributed by atoms with Crippen molar-refractivity contribution in [2.45, 2.75) is 44.2 Å². The second-order valence-corrected chi connectivity index (χ2v) is 10.0. The van der Waals surface area contributed by atoms with E-state index in [1.54, 1.807) is 30.3 Å². The van der Waals surface area contributed by atoms with Crippen molar-refractivity contribution >= 4 is 28.7 Å². The van der Waals surface area contributed by atoms with Crippen LogP contribution in [0.4, 0.5) is 20.5 Å². The minimum Gasteiger partial charge on any atom is -0.378 e. The van der Waals surface area contributed by atoms with Crippen molar-refractivity contribution < 1.29 is 18.3 Å². The van der Waals surface area contributed by atoms with E-state index < -0.39 is 6.43 Å². The highest BCUT2D eigenvalue weighted by Crippen LogP contribution is 2.30. The summed E-state index contributed by atoms with van der Waals surface area (Å²) in [4.78, 5) is 30.1. The average Bonchev–Trinajstić information content (AvgIpc) is 3.30. The number of carbonyl (C=O) groups excluding carboxylic acids is 1. The van der Waals surface area contributed by atoms with Gasteiger partial charge in [0.15, 0.2) is 5.82 Å². The standard InChI is InChI=1S/C26H34F2N8O2/c1-34(2)16-23(37)29-17-7-3-4-8-18(17)31-26-32-21(35-11-13-38-14-12-35)15-22(33-26)36-20-10-6-5-9-19(20)30-25(36)24(27)28/h5-6,9-10,15,17-18,24H,3-4,7-8,11-14,16H2,1-2H3,(H,29,37)(H,31,32,33)/t17-,18+/m1/s1. The zero-order valence-corrected chi connectivity index (χ0v) is 21.7. The first-order valence-corrected chi connectivity index (χ1v) is 13.1. The Morgan fingerprint density at radius 2 is 1.79 bits per heavy atom. The number of halogens is 2. The van der Waals surface area contributed by atoms with Crippen molar-refractivity contribution in [1.82, 2.24) is 29.7 Å². The number of anilines is 2. The molecule has 1 amide bonds. The molecule has 12 heteroatoms. The number of alkyl halides is 2. The van der Waals surface area contributed by atoms with E-state index in [4.69, 9.17) is 14.7 Å². The fraction of sp³-hybridized carbons (Fsp3) is 0.538. The molecule has 2 fully saturated rings. The van der Waals surface area contributed by atoms with Gasteiger partial charge in [-0.3, -0.25) is 9.36 Å². The number of imidazole rings is 1. The number of aromatic nitrogens is 4. The second-order valence-electron chi connectivity index (χ2n) is 10.0. The summed E-state index contributed by atoms with van der Waals surface area (Å²) in [5.74, 6) is 0.875. The number of likely N-dealkylation sites (N-methyl/N-ethyl adjacent to an activating group) is 1. The lowest BCUT2D eigenvalue weighted by molar-refractivity contribution is -0.122. The van der Waals surface area contributed by atoms with E-state index in [-0.39, 0.29) is 23.8 Å². The maximum absolute atomic E-state index is 14.1. The second kappa shape index (κ2) is 11.6. The van der Waals surface area contributed by atoms with Crippen LogP contribution in [0.15, 0.2) is 30.3 Å². The number of nitrogens with zero attached hydrogens (tertiary/aromatic N) is 6. The van der Waals surface area contributed by atoms with Gasteiger partial charge in [-0.1, -0.05) is 25.0 Å². The van der Waals surface area contributed by atoms with Gasteiger partial charge in [0.05, 0.1) is 30.8 Å². The Bertz CT molecular complexity index is 1260. The van der Waals surface area contributed by atoms with Crippen molar-refractivity contribution in [3.8, 4) is 5.82 Å². The lowest BCUT2D eigenvalue weighted by atomic mass is 9.90. The summed E-state index contributed by atoms with van der Waals surface area (Å²) >= 11 is 0. The van der Waals surface area contributed by atoms with Crippen LogP contribution in [0.1, 0.15) is 37.9 Å². The third-order valence-electron chi connectivity index (χ3n) is 6.93. The van der Waals surface area contributed by atoms with E-state index in [1.807, 2.05) is 19.0 Å². The quantitative estimate of drug-likeness (QED) is 0.460. The van der Waals surface area contributed by atoms with Crippen molar-refractivity contribution in [3.05, 3.63) is 36.2 Å². The number of hydrogen-bond donors (Lipinski definition) is 2. The molecule has 1 aromatic carbocycles. The van der Waals surface area contributed by atoms with Crippen LogP contribution in [0.5, 0.6) is 0 Å². The zero-order chi connectivity index (χ0) is 26.6. The predicted molar refractivity (Wildman–Crippen MR) is 141 cm³/mol. The molecule has 1 aliphatic carbocycles. The highest BCUT2D eigenvalue weighted by atomic mass is 19.3. The molecule has 204 valence electrons. The van der Waals surface area contributed by atoms with E-state index >= 15 is 0 Å². The molecule has 0 spiro atoms. The number of benzene rings is 1.